The molecule has 7 nitrogen and oxygen atoms in total. The van der Waals surface area contributed by atoms with Gasteiger partial charge in [-0.05, 0) is 49.1 Å². The first-order valence-electron chi connectivity index (χ1n) is 9.58. The van der Waals surface area contributed by atoms with Crippen molar-refractivity contribution in [1.29, 1.82) is 0 Å². The summed E-state index contributed by atoms with van der Waals surface area (Å²) in [5.74, 6) is 1.12. The van der Waals surface area contributed by atoms with Crippen LogP contribution in [0.25, 0.3) is 5.82 Å². The van der Waals surface area contributed by atoms with E-state index in [2.05, 4.69) is 56.6 Å². The molecule has 28 heavy (non-hydrogen) atoms. The van der Waals surface area contributed by atoms with Crippen molar-refractivity contribution in [3.63, 3.8) is 0 Å². The Hall–Kier alpha value is -3.06. The Bertz CT molecular complexity index is 940. The molecule has 1 unspecified atom stereocenters. The zero-order chi connectivity index (χ0) is 19.3. The summed E-state index contributed by atoms with van der Waals surface area (Å²) >= 11 is 0. The third-order valence-corrected chi connectivity index (χ3v) is 5.31. The zero-order valence-electron chi connectivity index (χ0n) is 16.0. The second-order valence-corrected chi connectivity index (χ2v) is 7.17. The Morgan fingerprint density at radius 3 is 2.86 bits per heavy atom. The molecule has 3 aromatic rings. The number of likely N-dealkylation sites (tertiary alicyclic amines) is 1. The fraction of sp³-hybridized carbons (Fsp3) is 0.333. The summed E-state index contributed by atoms with van der Waals surface area (Å²) in [5, 5.41) is 10.5. The van der Waals surface area contributed by atoms with Crippen LogP contribution in [0, 0.1) is 6.92 Å². The van der Waals surface area contributed by atoms with E-state index in [1.54, 1.807) is 35.6 Å². The molecule has 1 atom stereocenters. The Morgan fingerprint density at radius 2 is 2.04 bits per heavy atom. The van der Waals surface area contributed by atoms with Crippen LogP contribution in [0.5, 0.6) is 0 Å². The van der Waals surface area contributed by atoms with Crippen molar-refractivity contribution in [1.82, 2.24) is 30.0 Å². The molecule has 0 aliphatic carbocycles. The predicted molar refractivity (Wildman–Crippen MR) is 106 cm³/mol. The van der Waals surface area contributed by atoms with Crippen molar-refractivity contribution < 1.29 is 4.79 Å². The van der Waals surface area contributed by atoms with E-state index in [4.69, 9.17) is 0 Å². The number of hydrogen-bond donors (Lipinski definition) is 1. The molecular formula is C21H24N6O. The molecular weight excluding hydrogens is 352 g/mol. The Balaban J connectivity index is 1.28. The smallest absolute Gasteiger partial charge is 0.251 e. The molecule has 1 amide bonds. The van der Waals surface area contributed by atoms with Crippen LogP contribution >= 0.6 is 0 Å². The van der Waals surface area contributed by atoms with Gasteiger partial charge in [-0.2, -0.15) is 0 Å². The summed E-state index contributed by atoms with van der Waals surface area (Å²) in [7, 11) is 0. The molecule has 1 aromatic carbocycles. The third kappa shape index (κ3) is 4.09. The van der Waals surface area contributed by atoms with Crippen LogP contribution < -0.4 is 5.32 Å². The SMILES string of the molecule is Cc1ccccc1C1CCN(CCNC(=O)c2ccnc(-n3cnnc3)c2)C1. The van der Waals surface area contributed by atoms with Crippen LogP contribution in [0.15, 0.2) is 55.2 Å². The molecule has 0 radical (unpaired) electrons. The Labute approximate surface area is 164 Å². The maximum atomic E-state index is 12.5. The molecule has 4 rings (SSSR count). The van der Waals surface area contributed by atoms with Crippen molar-refractivity contribution in [2.24, 2.45) is 0 Å². The minimum atomic E-state index is -0.0913. The number of carbonyl (C=O) groups excluding carboxylic acids is 1. The van der Waals surface area contributed by atoms with Gasteiger partial charge in [0.2, 0.25) is 0 Å². The molecule has 1 saturated heterocycles. The van der Waals surface area contributed by atoms with Crippen molar-refractivity contribution in [2.45, 2.75) is 19.3 Å². The standard InChI is InChI=1S/C21H24N6O/c1-16-4-2-3-5-19(16)18-7-10-26(13-18)11-9-23-21(28)17-6-8-22-20(12-17)27-14-24-25-15-27/h2-6,8,12,14-15,18H,7,9-11,13H2,1H3,(H,23,28). The van der Waals surface area contributed by atoms with E-state index < -0.39 is 0 Å². The number of pyridine rings is 1. The number of benzene rings is 1. The summed E-state index contributed by atoms with van der Waals surface area (Å²) in [6, 6.07) is 12.1. The first-order chi connectivity index (χ1) is 13.7. The van der Waals surface area contributed by atoms with E-state index in [9.17, 15) is 4.79 Å². The number of amides is 1. The van der Waals surface area contributed by atoms with Gasteiger partial charge in [-0.3, -0.25) is 9.36 Å². The van der Waals surface area contributed by atoms with Gasteiger partial charge in [0.1, 0.15) is 18.5 Å². The molecule has 144 valence electrons. The quantitative estimate of drug-likeness (QED) is 0.714. The Morgan fingerprint density at radius 1 is 1.21 bits per heavy atom. The fourth-order valence-corrected chi connectivity index (χ4v) is 3.78. The summed E-state index contributed by atoms with van der Waals surface area (Å²) in [6.45, 7) is 5.79. The maximum absolute atomic E-state index is 12.5. The van der Waals surface area contributed by atoms with Crippen LogP contribution in [-0.4, -0.2) is 56.7 Å². The van der Waals surface area contributed by atoms with E-state index in [0.717, 1.165) is 19.6 Å². The van der Waals surface area contributed by atoms with E-state index in [-0.39, 0.29) is 5.91 Å². The Kier molecular flexibility index (Phi) is 5.43. The van der Waals surface area contributed by atoms with Gasteiger partial charge < -0.3 is 10.2 Å². The number of rotatable bonds is 6. The average Bonchev–Trinajstić information content (AvgIpc) is 3.41. The van der Waals surface area contributed by atoms with Crippen LogP contribution in [-0.2, 0) is 0 Å². The lowest BCUT2D eigenvalue weighted by atomic mass is 9.94. The normalized spacial score (nSPS) is 17.0. The maximum Gasteiger partial charge on any atom is 0.251 e. The first-order valence-corrected chi connectivity index (χ1v) is 9.58. The van der Waals surface area contributed by atoms with Crippen molar-refractivity contribution in [2.75, 3.05) is 26.2 Å². The van der Waals surface area contributed by atoms with Crippen LogP contribution in [0.2, 0.25) is 0 Å². The molecule has 0 saturated carbocycles. The summed E-state index contributed by atoms with van der Waals surface area (Å²) in [6.07, 6.45) is 5.91. The lowest BCUT2D eigenvalue weighted by Crippen LogP contribution is -2.33. The minimum absolute atomic E-state index is 0.0913. The predicted octanol–water partition coefficient (Wildman–Crippen LogP) is 2.19. The number of hydrogen-bond acceptors (Lipinski definition) is 5. The number of aryl methyl sites for hydroxylation is 1. The third-order valence-electron chi connectivity index (χ3n) is 5.31. The lowest BCUT2D eigenvalue weighted by molar-refractivity contribution is 0.0949. The molecule has 3 heterocycles. The number of nitrogens with one attached hydrogen (secondary N) is 1. The molecule has 0 bridgehead atoms. The topological polar surface area (TPSA) is 75.9 Å². The molecule has 2 aromatic heterocycles. The molecule has 1 aliphatic heterocycles. The number of nitrogens with zero attached hydrogens (tertiary/aromatic N) is 5. The number of aromatic nitrogens is 4. The van der Waals surface area contributed by atoms with Crippen molar-refractivity contribution in [3.8, 4) is 5.82 Å². The molecule has 1 aliphatic rings. The van der Waals surface area contributed by atoms with Gasteiger partial charge in [-0.25, -0.2) is 4.98 Å². The van der Waals surface area contributed by atoms with Crippen LogP contribution in [0.4, 0.5) is 0 Å². The van der Waals surface area contributed by atoms with E-state index in [1.165, 1.54) is 17.5 Å². The highest BCUT2D eigenvalue weighted by atomic mass is 16.1. The second kappa shape index (κ2) is 8.31. The van der Waals surface area contributed by atoms with Crippen LogP contribution in [0.3, 0.4) is 0 Å². The molecule has 1 N–H and O–H groups in total. The van der Waals surface area contributed by atoms with Gasteiger partial charge in [-0.15, -0.1) is 10.2 Å². The molecule has 0 spiro atoms. The summed E-state index contributed by atoms with van der Waals surface area (Å²) in [4.78, 5) is 19.1. The first kappa shape index (κ1) is 18.3. The highest BCUT2D eigenvalue weighted by molar-refractivity contribution is 5.94. The zero-order valence-corrected chi connectivity index (χ0v) is 16.0. The minimum Gasteiger partial charge on any atom is -0.351 e. The van der Waals surface area contributed by atoms with Gasteiger partial charge in [0.05, 0.1) is 0 Å². The second-order valence-electron chi connectivity index (χ2n) is 7.17. The van der Waals surface area contributed by atoms with Gasteiger partial charge in [0.15, 0.2) is 0 Å². The molecule has 7 heteroatoms. The van der Waals surface area contributed by atoms with Gasteiger partial charge in [0, 0.05) is 31.4 Å². The van der Waals surface area contributed by atoms with Gasteiger partial charge in [-0.1, -0.05) is 24.3 Å². The monoisotopic (exact) mass is 376 g/mol. The largest absolute Gasteiger partial charge is 0.351 e. The summed E-state index contributed by atoms with van der Waals surface area (Å²) < 4.78 is 1.67. The van der Waals surface area contributed by atoms with Gasteiger partial charge in [0.25, 0.3) is 5.91 Å². The van der Waals surface area contributed by atoms with Gasteiger partial charge >= 0.3 is 0 Å². The van der Waals surface area contributed by atoms with Crippen molar-refractivity contribution >= 4 is 5.91 Å². The van der Waals surface area contributed by atoms with Crippen LogP contribution in [0.1, 0.15) is 33.8 Å². The number of carbonyl (C=O) groups is 1. The average molecular weight is 376 g/mol. The molecule has 1 fully saturated rings. The highest BCUT2D eigenvalue weighted by Crippen LogP contribution is 2.28. The van der Waals surface area contributed by atoms with E-state index >= 15 is 0 Å². The highest BCUT2D eigenvalue weighted by Gasteiger charge is 2.24. The lowest BCUT2D eigenvalue weighted by Gasteiger charge is -2.17. The summed E-state index contributed by atoms with van der Waals surface area (Å²) in [5.41, 5.74) is 3.40. The van der Waals surface area contributed by atoms with E-state index in [1.807, 2.05) is 0 Å². The van der Waals surface area contributed by atoms with Crippen molar-refractivity contribution in [3.05, 3.63) is 71.9 Å². The van der Waals surface area contributed by atoms with E-state index in [0.29, 0.717) is 23.8 Å². The fourth-order valence-electron chi connectivity index (χ4n) is 3.78.